The number of rotatable bonds is 3. The fourth-order valence-corrected chi connectivity index (χ4v) is 6.25. The average Bonchev–Trinajstić information content (AvgIpc) is 2.78. The highest BCUT2D eigenvalue weighted by atomic mass is 16.5. The number of methoxy groups -OCH3 is 1. The maximum absolute atomic E-state index is 13.1. The molecule has 2 bridgehead atoms. The van der Waals surface area contributed by atoms with E-state index in [9.17, 15) is 9.90 Å². The number of hydrogen-bond donors (Lipinski definition) is 1. The summed E-state index contributed by atoms with van der Waals surface area (Å²) >= 11 is 0. The number of carbonyl (C=O) groups is 1. The van der Waals surface area contributed by atoms with Crippen LogP contribution in [0.4, 0.5) is 5.69 Å². The van der Waals surface area contributed by atoms with Gasteiger partial charge in [-0.1, -0.05) is 6.07 Å². The number of benzene rings is 1. The molecule has 1 saturated heterocycles. The molecular weight excluding hydrogens is 328 g/mol. The number of ether oxygens (including phenoxy) is 1. The van der Waals surface area contributed by atoms with Crippen molar-refractivity contribution in [2.45, 2.75) is 63.1 Å². The zero-order valence-corrected chi connectivity index (χ0v) is 15.8. The number of amides is 1. The topological polar surface area (TPSA) is 53.0 Å². The summed E-state index contributed by atoms with van der Waals surface area (Å²) in [6.07, 6.45) is 5.07. The maximum Gasteiger partial charge on any atom is 0.268 e. The summed E-state index contributed by atoms with van der Waals surface area (Å²) in [5.41, 5.74) is 0.00553. The largest absolute Gasteiger partial charge is 0.497 e. The highest BCUT2D eigenvalue weighted by molar-refractivity contribution is 5.98. The van der Waals surface area contributed by atoms with Gasteiger partial charge in [-0.05, 0) is 75.8 Å². The molecule has 0 radical (unpaired) electrons. The monoisotopic (exact) mass is 356 g/mol. The molecule has 4 aliphatic rings. The Morgan fingerprint density at radius 1 is 1.19 bits per heavy atom. The van der Waals surface area contributed by atoms with Gasteiger partial charge < -0.3 is 9.84 Å². The molecule has 3 aliphatic carbocycles. The van der Waals surface area contributed by atoms with E-state index in [-0.39, 0.29) is 11.9 Å². The Balaban J connectivity index is 1.48. The molecular formula is C21H28N2O3. The van der Waals surface area contributed by atoms with Crippen molar-refractivity contribution in [2.24, 2.45) is 17.8 Å². The third-order valence-corrected chi connectivity index (χ3v) is 7.51. The van der Waals surface area contributed by atoms with E-state index < -0.39 is 11.1 Å². The molecule has 5 nitrogen and oxygen atoms in total. The minimum Gasteiger partial charge on any atom is -0.497 e. The van der Waals surface area contributed by atoms with Crippen molar-refractivity contribution in [1.82, 2.24) is 5.01 Å². The minimum absolute atomic E-state index is 0.191. The maximum atomic E-state index is 13.1. The van der Waals surface area contributed by atoms with Crippen LogP contribution in [0.3, 0.4) is 0 Å². The molecule has 3 unspecified atom stereocenters. The van der Waals surface area contributed by atoms with Crippen LogP contribution in [0, 0.1) is 17.8 Å². The van der Waals surface area contributed by atoms with Crippen molar-refractivity contribution >= 4 is 11.6 Å². The van der Waals surface area contributed by atoms with Gasteiger partial charge in [0, 0.05) is 6.07 Å². The van der Waals surface area contributed by atoms with Crippen LogP contribution >= 0.6 is 0 Å². The summed E-state index contributed by atoms with van der Waals surface area (Å²) in [5, 5.41) is 15.0. The molecule has 1 aromatic rings. The van der Waals surface area contributed by atoms with Crippen LogP contribution in [-0.4, -0.2) is 40.3 Å². The lowest BCUT2D eigenvalue weighted by Gasteiger charge is -2.60. The van der Waals surface area contributed by atoms with Crippen LogP contribution < -0.4 is 9.75 Å². The quantitative estimate of drug-likeness (QED) is 0.905. The molecule has 1 N–H and O–H groups in total. The van der Waals surface area contributed by atoms with Crippen molar-refractivity contribution in [3.05, 3.63) is 24.3 Å². The molecule has 3 saturated carbocycles. The Hall–Kier alpha value is -1.75. The SMILES string of the molecule is COc1cccc(N2N([C@@H]3CCC4C[C@@]5(O)CC3CC45)C(=O)C2(C)C)c1. The lowest BCUT2D eigenvalue weighted by molar-refractivity contribution is -0.160. The average molecular weight is 356 g/mol. The molecule has 140 valence electrons. The van der Waals surface area contributed by atoms with Gasteiger partial charge in [0.1, 0.15) is 11.3 Å². The van der Waals surface area contributed by atoms with E-state index in [0.29, 0.717) is 17.8 Å². The molecule has 26 heavy (non-hydrogen) atoms. The molecule has 5 heteroatoms. The van der Waals surface area contributed by atoms with E-state index in [4.69, 9.17) is 4.74 Å². The summed E-state index contributed by atoms with van der Waals surface area (Å²) in [6, 6.07) is 8.15. The Kier molecular flexibility index (Phi) is 3.26. The Morgan fingerprint density at radius 3 is 2.73 bits per heavy atom. The number of nitrogens with zero attached hydrogens (tertiary/aromatic N) is 2. The molecule has 0 aromatic heterocycles. The predicted octanol–water partition coefficient (Wildman–Crippen LogP) is 2.98. The fraction of sp³-hybridized carbons (Fsp3) is 0.667. The van der Waals surface area contributed by atoms with Gasteiger partial charge in [0.2, 0.25) is 0 Å². The second-order valence-corrected chi connectivity index (χ2v) is 9.24. The molecule has 1 heterocycles. The third-order valence-electron chi connectivity index (χ3n) is 7.51. The van der Waals surface area contributed by atoms with Crippen LogP contribution in [0.5, 0.6) is 5.75 Å². The molecule has 1 aliphatic heterocycles. The second-order valence-electron chi connectivity index (χ2n) is 9.24. The number of aliphatic hydroxyl groups is 1. The van der Waals surface area contributed by atoms with Crippen molar-refractivity contribution in [3.8, 4) is 5.75 Å². The molecule has 0 spiro atoms. The molecule has 1 aromatic carbocycles. The Morgan fingerprint density at radius 2 is 1.96 bits per heavy atom. The second kappa shape index (κ2) is 5.16. The summed E-state index contributed by atoms with van der Waals surface area (Å²) in [4.78, 5) is 13.1. The first-order chi connectivity index (χ1) is 12.3. The van der Waals surface area contributed by atoms with Crippen LogP contribution in [-0.2, 0) is 4.79 Å². The van der Waals surface area contributed by atoms with E-state index in [1.165, 1.54) is 0 Å². The Labute approximate surface area is 154 Å². The van der Waals surface area contributed by atoms with E-state index in [0.717, 1.165) is 43.5 Å². The van der Waals surface area contributed by atoms with Gasteiger partial charge in [-0.3, -0.25) is 9.80 Å². The van der Waals surface area contributed by atoms with E-state index >= 15 is 0 Å². The summed E-state index contributed by atoms with van der Waals surface area (Å²) in [7, 11) is 1.67. The summed E-state index contributed by atoms with van der Waals surface area (Å²) in [6.45, 7) is 3.98. The summed E-state index contributed by atoms with van der Waals surface area (Å²) in [5.74, 6) is 2.52. The van der Waals surface area contributed by atoms with Crippen molar-refractivity contribution in [1.29, 1.82) is 0 Å². The predicted molar refractivity (Wildman–Crippen MR) is 98.7 cm³/mol. The number of hydrogen-bond acceptors (Lipinski definition) is 4. The lowest BCUT2D eigenvalue weighted by Crippen LogP contribution is -2.78. The highest BCUT2D eigenvalue weighted by Gasteiger charge is 2.64. The number of fused-ring (bicyclic) bond motifs is 1. The van der Waals surface area contributed by atoms with Crippen molar-refractivity contribution in [3.63, 3.8) is 0 Å². The highest BCUT2D eigenvalue weighted by Crippen LogP contribution is 2.62. The summed E-state index contributed by atoms with van der Waals surface area (Å²) < 4.78 is 5.39. The smallest absolute Gasteiger partial charge is 0.268 e. The van der Waals surface area contributed by atoms with Crippen LogP contribution in [0.2, 0.25) is 0 Å². The standard InChI is InChI=1S/C21H28N2O3/c1-20(2)19(24)22(23(20)15-5-4-6-16(10-15)26-3)18-8-7-13-11-21(25)12-14(18)9-17(13)21/h4-6,10,13-14,17-18,25H,7-9,11-12H2,1-3H3/t13?,14?,17?,18-,21-/m1/s1. The van der Waals surface area contributed by atoms with Crippen molar-refractivity contribution < 1.29 is 14.6 Å². The number of carbonyl (C=O) groups excluding carboxylic acids is 1. The molecule has 1 amide bonds. The molecule has 5 rings (SSSR count). The third kappa shape index (κ3) is 1.98. The van der Waals surface area contributed by atoms with Gasteiger partial charge in [0.05, 0.1) is 24.4 Å². The van der Waals surface area contributed by atoms with E-state index in [1.54, 1.807) is 7.11 Å². The first-order valence-electron chi connectivity index (χ1n) is 9.85. The molecule has 5 atom stereocenters. The molecule has 4 fully saturated rings. The number of anilines is 1. The normalized spacial score (nSPS) is 39.9. The zero-order chi connectivity index (χ0) is 18.3. The minimum atomic E-state index is -0.545. The van der Waals surface area contributed by atoms with Gasteiger partial charge in [-0.2, -0.15) is 0 Å². The van der Waals surface area contributed by atoms with Gasteiger partial charge in [-0.25, -0.2) is 5.01 Å². The Bertz CT molecular complexity index is 763. The van der Waals surface area contributed by atoms with Gasteiger partial charge >= 0.3 is 0 Å². The van der Waals surface area contributed by atoms with Crippen LogP contribution in [0.15, 0.2) is 24.3 Å². The van der Waals surface area contributed by atoms with E-state index in [1.807, 2.05) is 43.1 Å². The first kappa shape index (κ1) is 16.4. The van der Waals surface area contributed by atoms with Gasteiger partial charge in [0.25, 0.3) is 5.91 Å². The van der Waals surface area contributed by atoms with Gasteiger partial charge in [-0.15, -0.1) is 0 Å². The zero-order valence-electron chi connectivity index (χ0n) is 15.8. The lowest BCUT2D eigenvalue weighted by atomic mass is 9.61. The van der Waals surface area contributed by atoms with Crippen LogP contribution in [0.1, 0.15) is 46.0 Å². The van der Waals surface area contributed by atoms with E-state index in [2.05, 4.69) is 5.01 Å². The number of hydrazine groups is 1. The van der Waals surface area contributed by atoms with Crippen LogP contribution in [0.25, 0.3) is 0 Å². The first-order valence-corrected chi connectivity index (χ1v) is 9.85. The van der Waals surface area contributed by atoms with Crippen molar-refractivity contribution in [2.75, 3.05) is 12.1 Å². The fourth-order valence-electron chi connectivity index (χ4n) is 6.25. The van der Waals surface area contributed by atoms with Gasteiger partial charge in [0.15, 0.2) is 0 Å².